The Morgan fingerprint density at radius 2 is 2.50 bits per heavy atom. The smallest absolute Gasteiger partial charge is 0.0105 e. The molecule has 0 amide bonds. The number of rotatable bonds is 3. The third kappa shape index (κ3) is 2.14. The van der Waals surface area contributed by atoms with Crippen LogP contribution in [0.1, 0.15) is 32.6 Å². The lowest BCUT2D eigenvalue weighted by atomic mass is 10.0. The monoisotopic (exact) mass is 139 g/mol. The van der Waals surface area contributed by atoms with Crippen LogP contribution in [0.25, 0.3) is 0 Å². The fourth-order valence-electron chi connectivity index (χ4n) is 1.42. The molecule has 58 valence electrons. The molecule has 0 radical (unpaired) electrons. The highest BCUT2D eigenvalue weighted by Gasteiger charge is 2.13. The van der Waals surface area contributed by atoms with E-state index in [0.717, 1.165) is 12.5 Å². The van der Waals surface area contributed by atoms with Crippen LogP contribution >= 0.6 is 0 Å². The van der Waals surface area contributed by atoms with Crippen molar-refractivity contribution in [1.29, 1.82) is 0 Å². The van der Waals surface area contributed by atoms with E-state index < -0.39 is 0 Å². The molecule has 1 aliphatic heterocycles. The summed E-state index contributed by atoms with van der Waals surface area (Å²) in [6.07, 6.45) is 5.02. The molecule has 1 saturated heterocycles. The largest absolute Gasteiger partial charge is 0.314 e. The van der Waals surface area contributed by atoms with Crippen molar-refractivity contribution in [2.24, 2.45) is 0 Å². The Morgan fingerprint density at radius 1 is 1.70 bits per heavy atom. The molecule has 1 heteroatoms. The maximum absolute atomic E-state index is 4.00. The Balaban J connectivity index is 2.17. The molecule has 0 bridgehead atoms. The van der Waals surface area contributed by atoms with Gasteiger partial charge in [-0.2, -0.15) is 0 Å². The Hall–Kier alpha value is -0.300. The highest BCUT2D eigenvalue weighted by atomic mass is 14.9. The van der Waals surface area contributed by atoms with Crippen LogP contribution in [0.15, 0.2) is 12.2 Å². The van der Waals surface area contributed by atoms with Crippen LogP contribution in [-0.4, -0.2) is 12.6 Å². The number of hydrogen-bond acceptors (Lipinski definition) is 1. The van der Waals surface area contributed by atoms with Crippen molar-refractivity contribution in [2.45, 2.75) is 38.6 Å². The van der Waals surface area contributed by atoms with Crippen LogP contribution in [0.2, 0.25) is 0 Å². The molecule has 1 fully saturated rings. The van der Waals surface area contributed by atoms with Gasteiger partial charge in [0.15, 0.2) is 0 Å². The van der Waals surface area contributed by atoms with E-state index in [0.29, 0.717) is 0 Å². The molecule has 1 unspecified atom stereocenters. The topological polar surface area (TPSA) is 12.0 Å². The zero-order valence-corrected chi connectivity index (χ0v) is 6.82. The van der Waals surface area contributed by atoms with Gasteiger partial charge < -0.3 is 5.32 Å². The molecule has 1 aliphatic rings. The molecule has 0 aliphatic carbocycles. The van der Waals surface area contributed by atoms with E-state index in [4.69, 9.17) is 0 Å². The van der Waals surface area contributed by atoms with Gasteiger partial charge in [0, 0.05) is 6.04 Å². The van der Waals surface area contributed by atoms with Crippen molar-refractivity contribution in [2.75, 3.05) is 6.54 Å². The third-order valence-electron chi connectivity index (χ3n) is 2.20. The minimum atomic E-state index is 0.743. The quantitative estimate of drug-likeness (QED) is 0.590. The maximum Gasteiger partial charge on any atom is 0.0105 e. The molecule has 1 heterocycles. The number of hydrogen-bond donors (Lipinski definition) is 1. The standard InChI is InChI=1S/C9H17N/c1-3-8(2)7-9-5-4-6-10-9/h9-10H,2-7H2,1H3. The van der Waals surface area contributed by atoms with Crippen molar-refractivity contribution in [3.63, 3.8) is 0 Å². The van der Waals surface area contributed by atoms with Gasteiger partial charge in [0.1, 0.15) is 0 Å². The predicted octanol–water partition coefficient (Wildman–Crippen LogP) is 2.09. The van der Waals surface area contributed by atoms with Crippen molar-refractivity contribution in [3.8, 4) is 0 Å². The molecular formula is C9H17N. The van der Waals surface area contributed by atoms with Crippen LogP contribution in [0.4, 0.5) is 0 Å². The van der Waals surface area contributed by atoms with Crippen LogP contribution < -0.4 is 5.32 Å². The lowest BCUT2D eigenvalue weighted by Crippen LogP contribution is -2.21. The first kappa shape index (κ1) is 7.80. The maximum atomic E-state index is 4.00. The fraction of sp³-hybridized carbons (Fsp3) is 0.778. The van der Waals surface area contributed by atoms with Gasteiger partial charge in [-0.1, -0.05) is 19.1 Å². The zero-order valence-electron chi connectivity index (χ0n) is 6.82. The van der Waals surface area contributed by atoms with Gasteiger partial charge in [-0.15, -0.1) is 0 Å². The SMILES string of the molecule is C=C(CC)CC1CCCN1. The van der Waals surface area contributed by atoms with E-state index in [1.54, 1.807) is 0 Å². The second-order valence-electron chi connectivity index (χ2n) is 3.10. The van der Waals surface area contributed by atoms with E-state index in [9.17, 15) is 0 Å². The first-order valence-electron chi connectivity index (χ1n) is 4.23. The Kier molecular flexibility index (Phi) is 2.94. The minimum absolute atomic E-state index is 0.743. The van der Waals surface area contributed by atoms with Crippen molar-refractivity contribution < 1.29 is 0 Å². The minimum Gasteiger partial charge on any atom is -0.314 e. The highest BCUT2D eigenvalue weighted by molar-refractivity contribution is 4.97. The van der Waals surface area contributed by atoms with Crippen LogP contribution in [0, 0.1) is 0 Å². The van der Waals surface area contributed by atoms with Crippen LogP contribution in [-0.2, 0) is 0 Å². The van der Waals surface area contributed by atoms with Gasteiger partial charge in [0.2, 0.25) is 0 Å². The van der Waals surface area contributed by atoms with Gasteiger partial charge in [0.25, 0.3) is 0 Å². The highest BCUT2D eigenvalue weighted by Crippen LogP contribution is 2.14. The summed E-state index contributed by atoms with van der Waals surface area (Å²) in [5.41, 5.74) is 1.39. The van der Waals surface area contributed by atoms with Crippen LogP contribution in [0.3, 0.4) is 0 Å². The van der Waals surface area contributed by atoms with Gasteiger partial charge >= 0.3 is 0 Å². The lowest BCUT2D eigenvalue weighted by Gasteiger charge is -2.09. The second kappa shape index (κ2) is 3.77. The summed E-state index contributed by atoms with van der Waals surface area (Å²) in [6, 6.07) is 0.743. The summed E-state index contributed by atoms with van der Waals surface area (Å²) in [5, 5.41) is 3.46. The summed E-state index contributed by atoms with van der Waals surface area (Å²) in [7, 11) is 0. The predicted molar refractivity (Wildman–Crippen MR) is 45.1 cm³/mol. The summed E-state index contributed by atoms with van der Waals surface area (Å²) >= 11 is 0. The average molecular weight is 139 g/mol. The summed E-state index contributed by atoms with van der Waals surface area (Å²) in [4.78, 5) is 0. The van der Waals surface area contributed by atoms with E-state index in [1.807, 2.05) is 0 Å². The van der Waals surface area contributed by atoms with E-state index in [2.05, 4.69) is 18.8 Å². The normalized spacial score (nSPS) is 25.1. The van der Waals surface area contributed by atoms with E-state index in [1.165, 1.54) is 31.4 Å². The molecule has 1 atom stereocenters. The molecule has 0 aromatic carbocycles. The van der Waals surface area contributed by atoms with E-state index in [-0.39, 0.29) is 0 Å². The lowest BCUT2D eigenvalue weighted by molar-refractivity contribution is 0.593. The Morgan fingerprint density at radius 3 is 3.00 bits per heavy atom. The summed E-state index contributed by atoms with van der Waals surface area (Å²) in [6.45, 7) is 7.38. The molecule has 10 heavy (non-hydrogen) atoms. The first-order valence-corrected chi connectivity index (χ1v) is 4.23. The van der Waals surface area contributed by atoms with Crippen molar-refractivity contribution >= 4 is 0 Å². The molecule has 1 nitrogen and oxygen atoms in total. The Bertz CT molecular complexity index is 112. The molecule has 0 saturated carbocycles. The molecule has 0 spiro atoms. The molecular weight excluding hydrogens is 122 g/mol. The summed E-state index contributed by atoms with van der Waals surface area (Å²) < 4.78 is 0. The molecule has 0 aromatic rings. The van der Waals surface area contributed by atoms with Crippen molar-refractivity contribution in [3.05, 3.63) is 12.2 Å². The summed E-state index contributed by atoms with van der Waals surface area (Å²) in [5.74, 6) is 0. The Labute approximate surface area is 63.5 Å². The molecule has 1 rings (SSSR count). The van der Waals surface area contributed by atoms with Gasteiger partial charge in [0.05, 0.1) is 0 Å². The van der Waals surface area contributed by atoms with Crippen molar-refractivity contribution in [1.82, 2.24) is 5.32 Å². The van der Waals surface area contributed by atoms with Gasteiger partial charge in [-0.3, -0.25) is 0 Å². The van der Waals surface area contributed by atoms with Crippen LogP contribution in [0.5, 0.6) is 0 Å². The molecule has 0 aromatic heterocycles. The first-order chi connectivity index (χ1) is 4.83. The third-order valence-corrected chi connectivity index (χ3v) is 2.20. The average Bonchev–Trinajstić information content (AvgIpc) is 2.40. The van der Waals surface area contributed by atoms with E-state index >= 15 is 0 Å². The zero-order chi connectivity index (χ0) is 7.40. The fourth-order valence-corrected chi connectivity index (χ4v) is 1.42. The second-order valence-corrected chi connectivity index (χ2v) is 3.10. The van der Waals surface area contributed by atoms with Gasteiger partial charge in [-0.05, 0) is 32.2 Å². The molecule has 1 N–H and O–H groups in total. The van der Waals surface area contributed by atoms with Gasteiger partial charge in [-0.25, -0.2) is 0 Å². The number of nitrogens with one attached hydrogen (secondary N) is 1.